The summed E-state index contributed by atoms with van der Waals surface area (Å²) in [6, 6.07) is 11.5. The molecule has 128 valence electrons. The lowest BCUT2D eigenvalue weighted by Crippen LogP contribution is -2.45. The number of aliphatic hydroxyl groups excluding tert-OH is 1. The second-order valence-electron chi connectivity index (χ2n) is 5.17. The molecule has 1 aliphatic carbocycles. The Hall–Kier alpha value is -2.06. The Balaban J connectivity index is 0.00000155. The molecule has 23 heavy (non-hydrogen) atoms. The van der Waals surface area contributed by atoms with Gasteiger partial charge in [0.15, 0.2) is 0 Å². The van der Waals surface area contributed by atoms with Crippen molar-refractivity contribution in [3.8, 4) is 6.07 Å². The van der Waals surface area contributed by atoms with Gasteiger partial charge in [-0.15, -0.1) is 0 Å². The van der Waals surface area contributed by atoms with Crippen molar-refractivity contribution in [2.24, 2.45) is 5.92 Å². The van der Waals surface area contributed by atoms with Gasteiger partial charge in [-0.2, -0.15) is 5.26 Å². The van der Waals surface area contributed by atoms with Crippen LogP contribution in [0.1, 0.15) is 46.1 Å². The topological polar surface area (TPSA) is 82.4 Å². The van der Waals surface area contributed by atoms with Crippen molar-refractivity contribution in [2.75, 3.05) is 6.61 Å². The fourth-order valence-electron chi connectivity index (χ4n) is 2.50. The summed E-state index contributed by atoms with van der Waals surface area (Å²) in [4.78, 5) is 11.8. The second kappa shape index (κ2) is 10.6. The molecule has 5 heteroatoms. The number of benzene rings is 1. The van der Waals surface area contributed by atoms with Crippen molar-refractivity contribution < 1.29 is 14.6 Å². The Morgan fingerprint density at radius 2 is 2.09 bits per heavy atom. The summed E-state index contributed by atoms with van der Waals surface area (Å²) in [5.74, 6) is 0.0732. The van der Waals surface area contributed by atoms with Gasteiger partial charge in [0, 0.05) is 6.61 Å². The third-order valence-electron chi connectivity index (χ3n) is 3.64. The van der Waals surface area contributed by atoms with Gasteiger partial charge in [-0.1, -0.05) is 51.6 Å². The van der Waals surface area contributed by atoms with Crippen LogP contribution < -0.4 is 5.32 Å². The zero-order valence-electron chi connectivity index (χ0n) is 13.2. The summed E-state index contributed by atoms with van der Waals surface area (Å²) in [5, 5.41) is 21.0. The van der Waals surface area contributed by atoms with E-state index in [1.807, 2.05) is 44.2 Å². The van der Waals surface area contributed by atoms with Crippen LogP contribution in [-0.2, 0) is 11.3 Å². The number of nitrogens with one attached hydrogen (secondary N) is 1. The first kappa shape index (κ1) is 20.9. The van der Waals surface area contributed by atoms with E-state index in [4.69, 9.17) is 9.84 Å². The zero-order valence-corrected chi connectivity index (χ0v) is 13.2. The summed E-state index contributed by atoms with van der Waals surface area (Å²) in [6.07, 6.45) is 1.17. The average Bonchev–Trinajstić information content (AvgIpc) is 2.99. The summed E-state index contributed by atoms with van der Waals surface area (Å²) in [7, 11) is 0. The molecule has 2 unspecified atom stereocenters. The van der Waals surface area contributed by atoms with Gasteiger partial charge >= 0.3 is 6.09 Å². The smallest absolute Gasteiger partial charge is 0.408 e. The number of nitriles is 1. The van der Waals surface area contributed by atoms with E-state index in [1.165, 1.54) is 0 Å². The molecule has 0 spiro atoms. The third-order valence-corrected chi connectivity index (χ3v) is 3.64. The van der Waals surface area contributed by atoms with Crippen LogP contribution in [0, 0.1) is 17.2 Å². The van der Waals surface area contributed by atoms with E-state index in [0.717, 1.165) is 12.0 Å². The number of hydrogen-bond donors (Lipinski definition) is 2. The van der Waals surface area contributed by atoms with Crippen LogP contribution >= 0.6 is 0 Å². The molecule has 1 aromatic carbocycles. The predicted molar refractivity (Wildman–Crippen MR) is 90.6 cm³/mol. The Kier molecular flexibility index (Phi) is 9.68. The minimum absolute atomic E-state index is 0. The minimum atomic E-state index is -0.902. The lowest BCUT2D eigenvalue weighted by molar-refractivity contribution is 0.130. The lowest BCUT2D eigenvalue weighted by Gasteiger charge is -2.22. The Morgan fingerprint density at radius 1 is 1.43 bits per heavy atom. The van der Waals surface area contributed by atoms with Gasteiger partial charge in [-0.3, -0.25) is 0 Å². The first-order chi connectivity index (χ1) is 10.7. The summed E-state index contributed by atoms with van der Waals surface area (Å²) in [5.41, 5.74) is -0.00503. The van der Waals surface area contributed by atoms with E-state index in [0.29, 0.717) is 12.8 Å². The largest absolute Gasteiger partial charge is 0.445 e. The van der Waals surface area contributed by atoms with Gasteiger partial charge in [0.25, 0.3) is 0 Å². The normalized spacial score (nSPS) is 21.9. The van der Waals surface area contributed by atoms with Crippen molar-refractivity contribution in [1.29, 1.82) is 5.26 Å². The number of amides is 1. The molecule has 0 aromatic heterocycles. The van der Waals surface area contributed by atoms with Crippen molar-refractivity contribution in [2.45, 2.75) is 52.7 Å². The highest BCUT2D eigenvalue weighted by Gasteiger charge is 2.40. The number of aliphatic hydroxyl groups is 1. The summed E-state index contributed by atoms with van der Waals surface area (Å²) >= 11 is 0. The van der Waals surface area contributed by atoms with Crippen LogP contribution in [0.3, 0.4) is 0 Å². The molecule has 0 radical (unpaired) electrons. The SMILES string of the molecule is C.CC.N#CC1(NC(=O)OCc2ccccc2)CCC(CO)C1. The molecular weight excluding hydrogens is 292 g/mol. The van der Waals surface area contributed by atoms with Gasteiger partial charge in [0.1, 0.15) is 12.1 Å². The molecule has 1 saturated carbocycles. The Bertz CT molecular complexity index is 499. The van der Waals surface area contributed by atoms with E-state index >= 15 is 0 Å². The van der Waals surface area contributed by atoms with Crippen molar-refractivity contribution >= 4 is 6.09 Å². The van der Waals surface area contributed by atoms with E-state index in [9.17, 15) is 10.1 Å². The lowest BCUT2D eigenvalue weighted by atomic mass is 9.98. The predicted octanol–water partition coefficient (Wildman–Crippen LogP) is 3.63. The molecule has 2 rings (SSSR count). The van der Waals surface area contributed by atoms with E-state index in [-0.39, 0.29) is 26.6 Å². The van der Waals surface area contributed by atoms with Crippen LogP contribution in [0.4, 0.5) is 4.79 Å². The highest BCUT2D eigenvalue weighted by Crippen LogP contribution is 2.33. The zero-order chi connectivity index (χ0) is 16.4. The maximum absolute atomic E-state index is 11.8. The number of carbonyl (C=O) groups is 1. The van der Waals surface area contributed by atoms with Gasteiger partial charge in [0.05, 0.1) is 6.07 Å². The minimum Gasteiger partial charge on any atom is -0.445 e. The number of alkyl carbamates (subject to hydrolysis) is 1. The molecule has 1 amide bonds. The Labute approximate surface area is 139 Å². The first-order valence-corrected chi connectivity index (χ1v) is 7.68. The van der Waals surface area contributed by atoms with Crippen LogP contribution in [0.15, 0.2) is 30.3 Å². The highest BCUT2D eigenvalue weighted by atomic mass is 16.5. The second-order valence-corrected chi connectivity index (χ2v) is 5.17. The molecule has 2 N–H and O–H groups in total. The van der Waals surface area contributed by atoms with Gasteiger partial charge in [0.2, 0.25) is 0 Å². The molecule has 0 heterocycles. The number of ether oxygens (including phenoxy) is 1. The van der Waals surface area contributed by atoms with Gasteiger partial charge in [-0.05, 0) is 30.7 Å². The summed E-state index contributed by atoms with van der Waals surface area (Å²) < 4.78 is 5.12. The molecule has 5 nitrogen and oxygen atoms in total. The van der Waals surface area contributed by atoms with Crippen LogP contribution in [-0.4, -0.2) is 23.3 Å². The van der Waals surface area contributed by atoms with Crippen molar-refractivity contribution in [3.05, 3.63) is 35.9 Å². The molecule has 1 aliphatic rings. The first-order valence-electron chi connectivity index (χ1n) is 7.68. The molecule has 0 aliphatic heterocycles. The quantitative estimate of drug-likeness (QED) is 0.887. The van der Waals surface area contributed by atoms with E-state index in [2.05, 4.69) is 11.4 Å². The fraction of sp³-hybridized carbons (Fsp3) is 0.556. The molecule has 1 aromatic rings. The molecule has 0 bridgehead atoms. The molecular formula is C18H28N2O3. The molecule has 2 atom stereocenters. The van der Waals surface area contributed by atoms with Crippen LogP contribution in [0.2, 0.25) is 0 Å². The molecule has 0 saturated heterocycles. The highest BCUT2D eigenvalue weighted by molar-refractivity contribution is 5.69. The van der Waals surface area contributed by atoms with E-state index < -0.39 is 11.6 Å². The maximum atomic E-state index is 11.8. The van der Waals surface area contributed by atoms with Gasteiger partial charge in [-0.25, -0.2) is 4.79 Å². The van der Waals surface area contributed by atoms with Crippen molar-refractivity contribution in [3.63, 3.8) is 0 Å². The number of hydrogen-bond acceptors (Lipinski definition) is 4. The average molecular weight is 320 g/mol. The monoisotopic (exact) mass is 320 g/mol. The van der Waals surface area contributed by atoms with Gasteiger partial charge < -0.3 is 15.2 Å². The molecule has 1 fully saturated rings. The number of nitrogens with zero attached hydrogens (tertiary/aromatic N) is 1. The van der Waals surface area contributed by atoms with Crippen LogP contribution in [0.25, 0.3) is 0 Å². The van der Waals surface area contributed by atoms with E-state index in [1.54, 1.807) is 0 Å². The Morgan fingerprint density at radius 3 is 2.61 bits per heavy atom. The fourth-order valence-corrected chi connectivity index (χ4v) is 2.50. The van der Waals surface area contributed by atoms with Crippen LogP contribution in [0.5, 0.6) is 0 Å². The number of rotatable bonds is 4. The maximum Gasteiger partial charge on any atom is 0.408 e. The number of carbonyl (C=O) groups excluding carboxylic acids is 1. The third kappa shape index (κ3) is 6.29. The standard InChI is InChI=1S/C15H18N2O3.C2H6.CH4/c16-11-15(7-6-13(8-15)9-18)17-14(19)20-10-12-4-2-1-3-5-12;1-2;/h1-5,13,18H,6-10H2,(H,17,19);1-2H3;1H4. The van der Waals surface area contributed by atoms with Crippen molar-refractivity contribution in [1.82, 2.24) is 5.32 Å². The summed E-state index contributed by atoms with van der Waals surface area (Å²) in [6.45, 7) is 4.22.